The van der Waals surface area contributed by atoms with E-state index in [2.05, 4.69) is 10.2 Å². The molecule has 1 aromatic rings. The first-order chi connectivity index (χ1) is 8.89. The van der Waals surface area contributed by atoms with Crippen molar-refractivity contribution in [2.75, 3.05) is 5.84 Å². The van der Waals surface area contributed by atoms with Crippen molar-refractivity contribution in [3.63, 3.8) is 0 Å². The molecule has 22 heavy (non-hydrogen) atoms. The summed E-state index contributed by atoms with van der Waals surface area (Å²) in [6.45, 7) is 0. The Bertz CT molecular complexity index is 287. The number of aromatic nitrogens is 3. The van der Waals surface area contributed by atoms with Gasteiger partial charge in [0, 0.05) is 0 Å². The maximum Gasteiger partial charge on any atom is 3.00 e. The molecule has 0 saturated heterocycles. The molecule has 4 nitrogen and oxygen atoms in total. The number of nitrogen functional groups attached to an aromatic ring is 1. The SMILES string of the molecule is F[B-](F)(F)F.F[B-](F)(F)F.F[B-](F)(F)F.Nn1cnnc1.[Fe+3]. The Hall–Kier alpha value is -1.19. The van der Waals surface area contributed by atoms with Crippen molar-refractivity contribution >= 4 is 21.8 Å². The van der Waals surface area contributed by atoms with Gasteiger partial charge in [-0.2, -0.15) is 0 Å². The van der Waals surface area contributed by atoms with Crippen LogP contribution in [0.25, 0.3) is 0 Å². The summed E-state index contributed by atoms with van der Waals surface area (Å²) in [5.41, 5.74) is 0. The van der Waals surface area contributed by atoms with Crippen molar-refractivity contribution in [1.29, 1.82) is 0 Å². The van der Waals surface area contributed by atoms with Crippen molar-refractivity contribution in [2.24, 2.45) is 0 Å². The van der Waals surface area contributed by atoms with E-state index in [0.717, 1.165) is 0 Å². The van der Waals surface area contributed by atoms with Gasteiger partial charge in [-0.1, -0.05) is 0 Å². The Labute approximate surface area is 125 Å². The van der Waals surface area contributed by atoms with Crippen LogP contribution in [-0.2, 0) is 17.1 Å². The molecule has 0 spiro atoms. The second-order valence-electron chi connectivity index (χ2n) is 2.39. The first kappa shape index (κ1) is 28.9. The first-order valence-electron chi connectivity index (χ1n) is 4.11. The van der Waals surface area contributed by atoms with Gasteiger partial charge in [0.15, 0.2) is 0 Å². The predicted octanol–water partition coefficient (Wildman–Crippen LogP) is 2.89. The van der Waals surface area contributed by atoms with Crippen LogP contribution in [0.15, 0.2) is 12.7 Å². The van der Waals surface area contributed by atoms with E-state index in [9.17, 15) is 51.8 Å². The number of rotatable bonds is 0. The van der Waals surface area contributed by atoms with E-state index in [-0.39, 0.29) is 17.1 Å². The molecule has 0 aliphatic rings. The summed E-state index contributed by atoms with van der Waals surface area (Å²) in [6.07, 6.45) is 2.83. The fraction of sp³-hybridized carbons (Fsp3) is 0. The second-order valence-corrected chi connectivity index (χ2v) is 2.39. The van der Waals surface area contributed by atoms with E-state index in [1.807, 2.05) is 0 Å². The molecule has 1 aromatic heterocycles. The molecule has 0 aromatic carbocycles. The third-order valence-corrected chi connectivity index (χ3v) is 0.437. The minimum absolute atomic E-state index is 0. The molecule has 0 aliphatic heterocycles. The molecular weight excluding hydrogens is 396 g/mol. The van der Waals surface area contributed by atoms with Gasteiger partial charge in [0.2, 0.25) is 0 Å². The zero-order valence-corrected chi connectivity index (χ0v) is 10.8. The third-order valence-electron chi connectivity index (χ3n) is 0.437. The van der Waals surface area contributed by atoms with Crippen LogP contribution in [0.3, 0.4) is 0 Å². The van der Waals surface area contributed by atoms with Gasteiger partial charge in [0.25, 0.3) is 0 Å². The van der Waals surface area contributed by atoms with Crippen molar-refractivity contribution in [3.05, 3.63) is 12.7 Å². The van der Waals surface area contributed by atoms with Crippen LogP contribution in [0.4, 0.5) is 51.8 Å². The monoisotopic (exact) mass is 401 g/mol. The van der Waals surface area contributed by atoms with Crippen LogP contribution in [0.1, 0.15) is 0 Å². The Balaban J connectivity index is -0.0000000973. The number of nitrogens with zero attached hydrogens (tertiary/aromatic N) is 3. The topological polar surface area (TPSA) is 56.7 Å². The van der Waals surface area contributed by atoms with E-state index < -0.39 is 21.8 Å². The quantitative estimate of drug-likeness (QED) is 0.414. The first-order valence-corrected chi connectivity index (χ1v) is 4.11. The molecule has 0 atom stereocenters. The van der Waals surface area contributed by atoms with Gasteiger partial charge in [-0.15, -0.1) is 10.2 Å². The Morgan fingerprint density at radius 2 is 0.727 bits per heavy atom. The van der Waals surface area contributed by atoms with E-state index >= 15 is 0 Å². The number of hydrogen-bond donors (Lipinski definition) is 1. The Morgan fingerprint density at radius 1 is 0.591 bits per heavy atom. The molecule has 0 bridgehead atoms. The molecule has 1 radical (unpaired) electrons. The smallest absolute Gasteiger partial charge is 0.418 e. The van der Waals surface area contributed by atoms with Crippen molar-refractivity contribution in [3.8, 4) is 0 Å². The van der Waals surface area contributed by atoms with Crippen LogP contribution in [0.2, 0.25) is 0 Å². The van der Waals surface area contributed by atoms with Crippen molar-refractivity contribution < 1.29 is 68.9 Å². The number of halogens is 12. The van der Waals surface area contributed by atoms with Crippen molar-refractivity contribution in [2.45, 2.75) is 0 Å². The molecule has 0 unspecified atom stereocenters. The fourth-order valence-electron chi connectivity index (χ4n) is 0.209. The molecule has 20 heteroatoms. The largest absolute Gasteiger partial charge is 3.00 e. The molecular formula is C2H4B3F12FeN4. The molecule has 1 heterocycles. The molecule has 0 amide bonds. The summed E-state index contributed by atoms with van der Waals surface area (Å²) in [4.78, 5) is 0. The molecule has 133 valence electrons. The van der Waals surface area contributed by atoms with Gasteiger partial charge in [-0.3, -0.25) is 0 Å². The summed E-state index contributed by atoms with van der Waals surface area (Å²) >= 11 is 0. The Morgan fingerprint density at radius 3 is 0.773 bits per heavy atom. The molecule has 0 saturated carbocycles. The number of hydrogen-bond acceptors (Lipinski definition) is 3. The predicted molar refractivity (Wildman–Crippen MR) is 50.7 cm³/mol. The molecule has 0 fully saturated rings. The average molecular weight is 400 g/mol. The van der Waals surface area contributed by atoms with E-state index in [4.69, 9.17) is 5.84 Å². The Kier molecular flexibility index (Phi) is 16.2. The second kappa shape index (κ2) is 12.4. The van der Waals surface area contributed by atoms with Gasteiger partial charge >= 0.3 is 38.8 Å². The number of nitrogens with two attached hydrogens (primary N) is 1. The zero-order valence-electron chi connectivity index (χ0n) is 9.69. The van der Waals surface area contributed by atoms with Crippen molar-refractivity contribution in [1.82, 2.24) is 14.9 Å². The normalized spacial score (nSPS) is 10.5. The summed E-state index contributed by atoms with van der Waals surface area (Å²) in [5, 5.41) is 6.82. The van der Waals surface area contributed by atoms with E-state index in [1.165, 1.54) is 17.3 Å². The van der Waals surface area contributed by atoms with E-state index in [1.54, 1.807) is 0 Å². The summed E-state index contributed by atoms with van der Waals surface area (Å²) in [6, 6.07) is 0. The summed E-state index contributed by atoms with van der Waals surface area (Å²) in [7, 11) is -18.0. The molecule has 0 aliphatic carbocycles. The maximum absolute atomic E-state index is 9.75. The third kappa shape index (κ3) is 177. The van der Waals surface area contributed by atoms with Crippen LogP contribution < -0.4 is 5.84 Å². The van der Waals surface area contributed by atoms with Gasteiger partial charge in [-0.25, -0.2) is 4.68 Å². The van der Waals surface area contributed by atoms with Crippen LogP contribution in [0, 0.1) is 0 Å². The molecule has 1 rings (SSSR count). The van der Waals surface area contributed by atoms with Crippen LogP contribution in [-0.4, -0.2) is 36.6 Å². The minimum atomic E-state index is -6.00. The summed E-state index contributed by atoms with van der Waals surface area (Å²) < 4.78 is 118. The fourth-order valence-corrected chi connectivity index (χ4v) is 0.209. The maximum atomic E-state index is 9.75. The standard InChI is InChI=1S/C2H4N4.3BF4.Fe/c3-6-1-4-5-2-6;3*2-1(3,4)5;/h1-2H,3H2;;;;/q;3*-1;+3. The average Bonchev–Trinajstić information content (AvgIpc) is 2.44. The van der Waals surface area contributed by atoms with E-state index in [0.29, 0.717) is 0 Å². The van der Waals surface area contributed by atoms with Crippen LogP contribution >= 0.6 is 0 Å². The van der Waals surface area contributed by atoms with Gasteiger partial charge < -0.3 is 57.6 Å². The van der Waals surface area contributed by atoms with Gasteiger partial charge in [0.1, 0.15) is 12.7 Å². The minimum Gasteiger partial charge on any atom is -0.418 e. The summed E-state index contributed by atoms with van der Waals surface area (Å²) in [5.74, 6) is 5.07. The van der Waals surface area contributed by atoms with Gasteiger partial charge in [-0.05, 0) is 0 Å². The van der Waals surface area contributed by atoms with Gasteiger partial charge in [0.05, 0.1) is 0 Å². The zero-order chi connectivity index (χ0) is 17.9. The molecule has 2 N–H and O–H groups in total. The van der Waals surface area contributed by atoms with Crippen LogP contribution in [0.5, 0.6) is 0 Å².